The fourth-order valence-corrected chi connectivity index (χ4v) is 4.90. The summed E-state index contributed by atoms with van der Waals surface area (Å²) in [7, 11) is -0.252. The van der Waals surface area contributed by atoms with Crippen LogP contribution in [-0.2, 0) is 4.74 Å². The van der Waals surface area contributed by atoms with Crippen molar-refractivity contribution in [2.45, 2.75) is 23.8 Å². The van der Waals surface area contributed by atoms with Crippen molar-refractivity contribution in [2.24, 2.45) is 0 Å². The van der Waals surface area contributed by atoms with E-state index in [1.165, 1.54) is 26.4 Å². The second-order valence-electron chi connectivity index (χ2n) is 7.67. The van der Waals surface area contributed by atoms with Gasteiger partial charge in [0.05, 0.1) is 48.8 Å². The van der Waals surface area contributed by atoms with Crippen molar-refractivity contribution in [2.75, 3.05) is 45.0 Å². The molecule has 10 nitrogen and oxygen atoms in total. The lowest BCUT2D eigenvalue weighted by atomic mass is 10.1. The highest BCUT2D eigenvalue weighted by atomic mass is 32.3. The largest absolute Gasteiger partial charge is 0.493 e. The number of likely N-dealkylation sites (tertiary alicyclic amines) is 1. The second kappa shape index (κ2) is 11.4. The molecule has 0 aliphatic carbocycles. The SMILES string of the molecule is COc1cc(NC(=O)OCCS(O)(O)c2ccccc2)c(C(=O)N2CCC[C@H]2CO)cc1OC. The molecule has 2 amide bonds. The van der Waals surface area contributed by atoms with Crippen LogP contribution in [0.5, 0.6) is 11.5 Å². The predicted molar refractivity (Wildman–Crippen MR) is 128 cm³/mol. The molecule has 1 fully saturated rings. The summed E-state index contributed by atoms with van der Waals surface area (Å²) in [5.74, 6) is 0.0637. The Bertz CT molecular complexity index is 1000. The van der Waals surface area contributed by atoms with Crippen LogP contribution in [0.1, 0.15) is 23.2 Å². The number of nitrogens with zero attached hydrogens (tertiary/aromatic N) is 1. The number of aliphatic hydroxyl groups excluding tert-OH is 1. The molecule has 0 radical (unpaired) electrons. The van der Waals surface area contributed by atoms with Gasteiger partial charge in [-0.1, -0.05) is 18.2 Å². The number of aliphatic hydroxyl groups is 1. The Labute approximate surface area is 199 Å². The van der Waals surface area contributed by atoms with Crippen LogP contribution >= 0.6 is 10.6 Å². The molecule has 0 unspecified atom stereocenters. The summed E-state index contributed by atoms with van der Waals surface area (Å²) in [6.07, 6.45) is 0.585. The van der Waals surface area contributed by atoms with Gasteiger partial charge in [-0.15, -0.1) is 0 Å². The van der Waals surface area contributed by atoms with Gasteiger partial charge in [0.1, 0.15) is 6.61 Å². The standard InChI is InChI=1S/C23H30N2O8S/c1-31-20-13-18(22(27)25-10-6-7-16(25)15-26)19(14-21(20)32-2)24-23(28)33-11-12-34(29,30)17-8-4-3-5-9-17/h3-5,8-9,13-14,16,26,29-30H,6-7,10-12,15H2,1-2H3,(H,24,28)/t16-/m0/s1. The van der Waals surface area contributed by atoms with Gasteiger partial charge in [-0.2, -0.15) is 10.6 Å². The lowest BCUT2D eigenvalue weighted by Gasteiger charge is -2.31. The number of rotatable bonds is 9. The molecule has 0 saturated carbocycles. The fourth-order valence-electron chi connectivity index (χ4n) is 3.76. The minimum absolute atomic E-state index is 0.144. The Kier molecular flexibility index (Phi) is 8.61. The minimum atomic E-state index is -3.12. The molecule has 2 aromatic rings. The van der Waals surface area contributed by atoms with E-state index in [-0.39, 0.29) is 42.2 Å². The predicted octanol–water partition coefficient (Wildman–Crippen LogP) is 3.66. The summed E-state index contributed by atoms with van der Waals surface area (Å²) in [6.45, 7) is 0.0790. The van der Waals surface area contributed by atoms with E-state index in [9.17, 15) is 23.8 Å². The normalized spacial score (nSPS) is 16.1. The van der Waals surface area contributed by atoms with Crippen molar-refractivity contribution in [1.29, 1.82) is 0 Å². The van der Waals surface area contributed by atoms with Crippen LogP contribution in [0.4, 0.5) is 10.5 Å². The van der Waals surface area contributed by atoms with Crippen molar-refractivity contribution in [3.8, 4) is 11.5 Å². The van der Waals surface area contributed by atoms with Gasteiger partial charge >= 0.3 is 6.09 Å². The van der Waals surface area contributed by atoms with Gasteiger partial charge in [-0.05, 0) is 31.0 Å². The average Bonchev–Trinajstić information content (AvgIpc) is 3.32. The van der Waals surface area contributed by atoms with Crippen LogP contribution in [0.3, 0.4) is 0 Å². The van der Waals surface area contributed by atoms with E-state index < -0.39 is 16.7 Å². The highest BCUT2D eigenvalue weighted by molar-refractivity contribution is 8.24. The number of hydrogen-bond donors (Lipinski definition) is 4. The Morgan fingerprint density at radius 1 is 1.12 bits per heavy atom. The maximum Gasteiger partial charge on any atom is 0.411 e. The van der Waals surface area contributed by atoms with Crippen LogP contribution in [0, 0.1) is 0 Å². The molecular weight excluding hydrogens is 464 g/mol. The lowest BCUT2D eigenvalue weighted by Crippen LogP contribution is -2.38. The van der Waals surface area contributed by atoms with E-state index in [0.29, 0.717) is 29.4 Å². The summed E-state index contributed by atoms with van der Waals surface area (Å²) < 4.78 is 36.4. The van der Waals surface area contributed by atoms with Crippen molar-refractivity contribution in [3.05, 3.63) is 48.0 Å². The molecule has 11 heteroatoms. The minimum Gasteiger partial charge on any atom is -0.493 e. The third-order valence-corrected chi connectivity index (χ3v) is 7.32. The number of hydrogen-bond acceptors (Lipinski definition) is 8. The maximum atomic E-state index is 13.3. The molecule has 34 heavy (non-hydrogen) atoms. The molecule has 186 valence electrons. The van der Waals surface area contributed by atoms with Gasteiger partial charge in [0.15, 0.2) is 11.5 Å². The average molecular weight is 495 g/mol. The second-order valence-corrected chi connectivity index (χ2v) is 9.89. The smallest absolute Gasteiger partial charge is 0.411 e. The molecule has 1 atom stereocenters. The van der Waals surface area contributed by atoms with Crippen molar-refractivity contribution >= 4 is 28.3 Å². The van der Waals surface area contributed by atoms with Crippen LogP contribution in [0.15, 0.2) is 47.4 Å². The first-order valence-electron chi connectivity index (χ1n) is 10.7. The third-order valence-electron chi connectivity index (χ3n) is 5.56. The molecule has 1 saturated heterocycles. The molecule has 3 rings (SSSR count). The first-order chi connectivity index (χ1) is 16.3. The molecule has 0 bridgehead atoms. The number of ether oxygens (including phenoxy) is 3. The van der Waals surface area contributed by atoms with Crippen molar-refractivity contribution in [1.82, 2.24) is 4.90 Å². The third kappa shape index (κ3) is 5.92. The molecule has 0 spiro atoms. The van der Waals surface area contributed by atoms with E-state index in [0.717, 1.165) is 6.42 Å². The van der Waals surface area contributed by atoms with Crippen LogP contribution in [0.25, 0.3) is 0 Å². The summed E-state index contributed by atoms with van der Waals surface area (Å²) in [5.41, 5.74) is 0.300. The number of anilines is 1. The summed E-state index contributed by atoms with van der Waals surface area (Å²) >= 11 is 0. The van der Waals surface area contributed by atoms with E-state index in [4.69, 9.17) is 14.2 Å². The first kappa shape index (κ1) is 25.6. The van der Waals surface area contributed by atoms with Crippen LogP contribution in [-0.4, -0.2) is 76.9 Å². The number of methoxy groups -OCH3 is 2. The topological polar surface area (TPSA) is 138 Å². The lowest BCUT2D eigenvalue weighted by molar-refractivity contribution is 0.0678. The number of benzene rings is 2. The van der Waals surface area contributed by atoms with Crippen LogP contribution in [0.2, 0.25) is 0 Å². The quantitative estimate of drug-likeness (QED) is 0.414. The zero-order chi connectivity index (χ0) is 24.7. The molecule has 4 N–H and O–H groups in total. The van der Waals surface area contributed by atoms with Crippen molar-refractivity contribution in [3.63, 3.8) is 0 Å². The van der Waals surface area contributed by atoms with Gasteiger partial charge in [0.2, 0.25) is 0 Å². The van der Waals surface area contributed by atoms with Crippen LogP contribution < -0.4 is 14.8 Å². The molecule has 1 aliphatic rings. The monoisotopic (exact) mass is 494 g/mol. The highest BCUT2D eigenvalue weighted by Crippen LogP contribution is 2.47. The van der Waals surface area contributed by atoms with Gasteiger partial charge in [0, 0.05) is 12.6 Å². The Hall–Kier alpha value is -2.99. The molecule has 1 aliphatic heterocycles. The summed E-state index contributed by atoms with van der Waals surface area (Å²) in [4.78, 5) is 27.7. The highest BCUT2D eigenvalue weighted by Gasteiger charge is 2.31. The molecular formula is C23H30N2O8S. The zero-order valence-corrected chi connectivity index (χ0v) is 19.9. The van der Waals surface area contributed by atoms with E-state index in [2.05, 4.69) is 5.32 Å². The number of carbonyl (C=O) groups excluding carboxylic acids is 2. The summed E-state index contributed by atoms with van der Waals surface area (Å²) in [6, 6.07) is 10.9. The van der Waals surface area contributed by atoms with Gasteiger partial charge in [-0.3, -0.25) is 19.2 Å². The van der Waals surface area contributed by atoms with E-state index >= 15 is 0 Å². The number of amides is 2. The van der Waals surface area contributed by atoms with Gasteiger partial charge in [0.25, 0.3) is 5.91 Å². The zero-order valence-electron chi connectivity index (χ0n) is 19.1. The fraction of sp³-hybridized carbons (Fsp3) is 0.391. The molecule has 1 heterocycles. The van der Waals surface area contributed by atoms with Gasteiger partial charge in [-0.25, -0.2) is 4.79 Å². The number of carbonyl (C=O) groups is 2. The van der Waals surface area contributed by atoms with E-state index in [1.807, 2.05) is 0 Å². The number of nitrogens with one attached hydrogen (secondary N) is 1. The Morgan fingerprint density at radius 2 is 1.79 bits per heavy atom. The van der Waals surface area contributed by atoms with E-state index in [1.54, 1.807) is 35.2 Å². The Balaban J connectivity index is 1.74. The first-order valence-corrected chi connectivity index (χ1v) is 12.4. The van der Waals surface area contributed by atoms with Crippen molar-refractivity contribution < 1.29 is 38.0 Å². The van der Waals surface area contributed by atoms with Gasteiger partial charge < -0.3 is 24.2 Å². The molecule has 0 aromatic heterocycles. The maximum absolute atomic E-state index is 13.3. The Morgan fingerprint density at radius 3 is 2.44 bits per heavy atom. The summed E-state index contributed by atoms with van der Waals surface area (Å²) in [5, 5.41) is 12.1. The molecule has 2 aromatic carbocycles.